The van der Waals surface area contributed by atoms with E-state index in [4.69, 9.17) is 9.47 Å². The lowest BCUT2D eigenvalue weighted by Gasteiger charge is -2.21. The maximum Gasteiger partial charge on any atom is 0.338 e. The molecule has 1 fully saturated rings. The normalized spacial score (nSPS) is 23.5. The van der Waals surface area contributed by atoms with E-state index in [0.717, 1.165) is 0 Å². The Morgan fingerprint density at radius 2 is 2.17 bits per heavy atom. The van der Waals surface area contributed by atoms with E-state index >= 15 is 0 Å². The first-order valence-corrected chi connectivity index (χ1v) is 7.09. The SMILES string of the molecule is C=CC[C@@]1(C)O[C@H](COC(=O)c2ccc([N+](=O)[O-])cc2)CC1=O. The summed E-state index contributed by atoms with van der Waals surface area (Å²) in [6, 6.07) is 5.10. The number of esters is 1. The Morgan fingerprint density at radius 1 is 1.52 bits per heavy atom. The number of benzene rings is 1. The van der Waals surface area contributed by atoms with Crippen LogP contribution in [-0.2, 0) is 14.3 Å². The van der Waals surface area contributed by atoms with Crippen molar-refractivity contribution >= 4 is 17.4 Å². The van der Waals surface area contributed by atoms with Gasteiger partial charge in [0.1, 0.15) is 12.2 Å². The molecule has 0 aromatic heterocycles. The summed E-state index contributed by atoms with van der Waals surface area (Å²) in [5.41, 5.74) is -0.813. The molecule has 1 aromatic rings. The molecule has 23 heavy (non-hydrogen) atoms. The van der Waals surface area contributed by atoms with E-state index in [1.54, 1.807) is 13.0 Å². The van der Waals surface area contributed by atoms with Crippen molar-refractivity contribution in [3.05, 3.63) is 52.6 Å². The topological polar surface area (TPSA) is 95.7 Å². The van der Waals surface area contributed by atoms with Crippen LogP contribution in [0.25, 0.3) is 0 Å². The summed E-state index contributed by atoms with van der Waals surface area (Å²) in [7, 11) is 0. The summed E-state index contributed by atoms with van der Waals surface area (Å²) in [4.78, 5) is 33.9. The number of nitrogens with zero attached hydrogens (tertiary/aromatic N) is 1. The molecule has 0 unspecified atom stereocenters. The molecule has 1 saturated heterocycles. The van der Waals surface area contributed by atoms with Crippen LogP contribution in [0.5, 0.6) is 0 Å². The van der Waals surface area contributed by atoms with Gasteiger partial charge in [0.15, 0.2) is 5.78 Å². The second-order valence-corrected chi connectivity index (χ2v) is 5.49. The van der Waals surface area contributed by atoms with Gasteiger partial charge in [0, 0.05) is 25.0 Å². The minimum absolute atomic E-state index is 0.0473. The van der Waals surface area contributed by atoms with Crippen molar-refractivity contribution in [3.63, 3.8) is 0 Å². The molecule has 1 heterocycles. The molecule has 1 aliphatic rings. The highest BCUT2D eigenvalue weighted by atomic mass is 16.6. The number of ether oxygens (including phenoxy) is 2. The van der Waals surface area contributed by atoms with Crippen LogP contribution in [0, 0.1) is 10.1 Å². The van der Waals surface area contributed by atoms with Crippen LogP contribution in [-0.4, -0.2) is 35.0 Å². The monoisotopic (exact) mass is 319 g/mol. The van der Waals surface area contributed by atoms with Crippen LogP contribution in [0.1, 0.15) is 30.1 Å². The van der Waals surface area contributed by atoms with Gasteiger partial charge in [-0.05, 0) is 19.1 Å². The van der Waals surface area contributed by atoms with Gasteiger partial charge < -0.3 is 9.47 Å². The fourth-order valence-electron chi connectivity index (χ4n) is 2.40. The van der Waals surface area contributed by atoms with Gasteiger partial charge in [0.25, 0.3) is 5.69 Å². The smallest absolute Gasteiger partial charge is 0.338 e. The van der Waals surface area contributed by atoms with Crippen LogP contribution >= 0.6 is 0 Å². The maximum absolute atomic E-state index is 11.9. The molecule has 122 valence electrons. The highest BCUT2D eigenvalue weighted by molar-refractivity contribution is 5.90. The average molecular weight is 319 g/mol. The summed E-state index contributed by atoms with van der Waals surface area (Å²) in [5.74, 6) is -0.665. The molecular weight excluding hydrogens is 302 g/mol. The molecule has 0 radical (unpaired) electrons. The van der Waals surface area contributed by atoms with E-state index in [1.165, 1.54) is 24.3 Å². The standard InChI is InChI=1S/C16H17NO6/c1-3-8-16(2)14(18)9-13(23-16)10-22-15(19)11-4-6-12(7-5-11)17(20)21/h3-7,13H,1,8-10H2,2H3/t13-,16+/m0/s1. The molecule has 2 rings (SSSR count). The molecule has 0 saturated carbocycles. The highest BCUT2D eigenvalue weighted by Crippen LogP contribution is 2.30. The van der Waals surface area contributed by atoms with Crippen molar-refractivity contribution in [3.8, 4) is 0 Å². The second kappa shape index (κ2) is 6.70. The number of carbonyl (C=O) groups excluding carboxylic acids is 2. The fourth-order valence-corrected chi connectivity index (χ4v) is 2.40. The van der Waals surface area contributed by atoms with Crippen LogP contribution in [0.4, 0.5) is 5.69 Å². The lowest BCUT2D eigenvalue weighted by atomic mass is 9.97. The van der Waals surface area contributed by atoms with Crippen LogP contribution in [0.2, 0.25) is 0 Å². The van der Waals surface area contributed by atoms with Crippen molar-refractivity contribution < 1.29 is 24.0 Å². The molecule has 0 bridgehead atoms. The summed E-state index contributed by atoms with van der Waals surface area (Å²) < 4.78 is 10.8. The highest BCUT2D eigenvalue weighted by Gasteiger charge is 2.43. The molecule has 7 nitrogen and oxygen atoms in total. The Hall–Kier alpha value is -2.54. The number of nitro groups is 1. The average Bonchev–Trinajstić information content (AvgIpc) is 2.80. The Balaban J connectivity index is 1.91. The molecule has 1 aromatic carbocycles. The molecule has 0 aliphatic carbocycles. The van der Waals surface area contributed by atoms with Crippen molar-refractivity contribution in [2.45, 2.75) is 31.5 Å². The lowest BCUT2D eigenvalue weighted by molar-refractivity contribution is -0.384. The summed E-state index contributed by atoms with van der Waals surface area (Å²) in [6.07, 6.45) is 1.70. The van der Waals surface area contributed by atoms with Gasteiger partial charge >= 0.3 is 5.97 Å². The minimum atomic E-state index is -0.911. The summed E-state index contributed by atoms with van der Waals surface area (Å²) in [5, 5.41) is 10.6. The third-order valence-corrected chi connectivity index (χ3v) is 3.68. The largest absolute Gasteiger partial charge is 0.459 e. The van der Waals surface area contributed by atoms with Crippen LogP contribution < -0.4 is 0 Å². The molecule has 0 N–H and O–H groups in total. The van der Waals surface area contributed by atoms with E-state index in [9.17, 15) is 19.7 Å². The zero-order chi connectivity index (χ0) is 17.0. The number of Topliss-reactive ketones (excluding diaryl/α,β-unsaturated/α-hetero) is 1. The van der Waals surface area contributed by atoms with Crippen molar-refractivity contribution in [2.75, 3.05) is 6.61 Å². The van der Waals surface area contributed by atoms with E-state index in [-0.39, 0.29) is 30.1 Å². The van der Waals surface area contributed by atoms with Gasteiger partial charge in [-0.25, -0.2) is 4.79 Å². The van der Waals surface area contributed by atoms with E-state index in [1.807, 2.05) is 0 Å². The third kappa shape index (κ3) is 3.81. The predicted octanol–water partition coefficient (Wildman–Crippen LogP) is 2.44. The zero-order valence-electron chi connectivity index (χ0n) is 12.7. The number of hydrogen-bond acceptors (Lipinski definition) is 6. The second-order valence-electron chi connectivity index (χ2n) is 5.49. The van der Waals surface area contributed by atoms with Crippen LogP contribution in [0.15, 0.2) is 36.9 Å². The van der Waals surface area contributed by atoms with E-state index in [2.05, 4.69) is 6.58 Å². The van der Waals surface area contributed by atoms with Gasteiger partial charge in [-0.2, -0.15) is 0 Å². The van der Waals surface area contributed by atoms with Gasteiger partial charge in [-0.1, -0.05) is 6.08 Å². The van der Waals surface area contributed by atoms with Crippen molar-refractivity contribution in [1.29, 1.82) is 0 Å². The lowest BCUT2D eigenvalue weighted by Crippen LogP contribution is -2.32. The number of nitro benzene ring substituents is 1. The number of ketones is 1. The quantitative estimate of drug-likeness (QED) is 0.346. The number of non-ortho nitro benzene ring substituents is 1. The van der Waals surface area contributed by atoms with Crippen molar-refractivity contribution in [1.82, 2.24) is 0 Å². The molecule has 0 spiro atoms. The zero-order valence-corrected chi connectivity index (χ0v) is 12.7. The molecule has 7 heteroatoms. The minimum Gasteiger partial charge on any atom is -0.459 e. The molecule has 2 atom stereocenters. The third-order valence-electron chi connectivity index (χ3n) is 3.68. The van der Waals surface area contributed by atoms with Gasteiger partial charge in [-0.3, -0.25) is 14.9 Å². The van der Waals surface area contributed by atoms with Gasteiger partial charge in [0.2, 0.25) is 0 Å². The summed E-state index contributed by atoms with van der Waals surface area (Å²) >= 11 is 0. The number of rotatable bonds is 6. The number of hydrogen-bond donors (Lipinski definition) is 0. The first kappa shape index (κ1) is 16.8. The first-order chi connectivity index (χ1) is 10.9. The van der Waals surface area contributed by atoms with Gasteiger partial charge in [0.05, 0.1) is 16.6 Å². The Morgan fingerprint density at radius 3 is 2.74 bits per heavy atom. The van der Waals surface area contributed by atoms with E-state index < -0.39 is 22.6 Å². The maximum atomic E-state index is 11.9. The Kier molecular flexibility index (Phi) is 4.90. The Bertz CT molecular complexity index is 638. The molecule has 0 amide bonds. The van der Waals surface area contributed by atoms with E-state index in [0.29, 0.717) is 6.42 Å². The number of carbonyl (C=O) groups is 2. The molecular formula is C16H17NO6. The van der Waals surface area contributed by atoms with Crippen molar-refractivity contribution in [2.24, 2.45) is 0 Å². The first-order valence-electron chi connectivity index (χ1n) is 7.09. The summed E-state index contributed by atoms with van der Waals surface area (Å²) in [6.45, 7) is 5.24. The predicted molar refractivity (Wildman–Crippen MR) is 81.1 cm³/mol. The fraction of sp³-hybridized carbons (Fsp3) is 0.375. The van der Waals surface area contributed by atoms with Gasteiger partial charge in [-0.15, -0.1) is 6.58 Å². The van der Waals surface area contributed by atoms with Crippen LogP contribution in [0.3, 0.4) is 0 Å². The Labute approximate surface area is 133 Å². The molecule has 1 aliphatic heterocycles.